The number of carbonyl (C=O) groups excluding carboxylic acids is 1. The van der Waals surface area contributed by atoms with Gasteiger partial charge in [-0.25, -0.2) is 13.2 Å². The molecule has 7 nitrogen and oxygen atoms in total. The van der Waals surface area contributed by atoms with E-state index in [0.29, 0.717) is 0 Å². The van der Waals surface area contributed by atoms with Crippen LogP contribution in [0.1, 0.15) is 12.0 Å². The van der Waals surface area contributed by atoms with Gasteiger partial charge in [-0.2, -0.15) is 0 Å². The van der Waals surface area contributed by atoms with Gasteiger partial charge in [-0.15, -0.1) is 0 Å². The van der Waals surface area contributed by atoms with Crippen LogP contribution in [0.15, 0.2) is 29.2 Å². The minimum Gasteiger partial charge on any atom is -0.480 e. The Labute approximate surface area is 134 Å². The molecule has 1 aromatic carbocycles. The van der Waals surface area contributed by atoms with E-state index in [0.717, 1.165) is 5.56 Å². The van der Waals surface area contributed by atoms with Gasteiger partial charge in [0.2, 0.25) is 5.91 Å². The van der Waals surface area contributed by atoms with Crippen LogP contribution in [-0.2, 0) is 24.2 Å². The van der Waals surface area contributed by atoms with Gasteiger partial charge >= 0.3 is 5.97 Å². The lowest BCUT2D eigenvalue weighted by Gasteiger charge is -2.32. The minimum atomic E-state index is -3.57. The van der Waals surface area contributed by atoms with Crippen molar-refractivity contribution >= 4 is 21.7 Å². The number of hydrogen-bond acceptors (Lipinski definition) is 5. The Morgan fingerprint density at radius 1 is 1.30 bits per heavy atom. The Morgan fingerprint density at radius 3 is 2.57 bits per heavy atom. The SMILES string of the molecule is Cc1ccc(S(=O)(=O)CCC(=O)N2CCOC[C@H]2C(=O)O)cc1. The summed E-state index contributed by atoms with van der Waals surface area (Å²) in [5.41, 5.74) is 0.942. The molecule has 1 amide bonds. The molecular formula is C15H19NO6S. The van der Waals surface area contributed by atoms with Gasteiger partial charge in [-0.05, 0) is 19.1 Å². The lowest BCUT2D eigenvalue weighted by atomic mass is 10.2. The number of carboxylic acids is 1. The van der Waals surface area contributed by atoms with Crippen molar-refractivity contribution in [3.63, 3.8) is 0 Å². The second-order valence-electron chi connectivity index (χ2n) is 5.40. The van der Waals surface area contributed by atoms with E-state index in [1.165, 1.54) is 17.0 Å². The molecule has 8 heteroatoms. The van der Waals surface area contributed by atoms with Crippen LogP contribution in [0.5, 0.6) is 0 Å². The van der Waals surface area contributed by atoms with Crippen molar-refractivity contribution in [2.24, 2.45) is 0 Å². The molecule has 0 spiro atoms. The van der Waals surface area contributed by atoms with E-state index in [1.54, 1.807) is 12.1 Å². The Morgan fingerprint density at radius 2 is 1.96 bits per heavy atom. The van der Waals surface area contributed by atoms with Gasteiger partial charge in [-0.3, -0.25) is 4.79 Å². The number of aliphatic carboxylic acids is 1. The van der Waals surface area contributed by atoms with E-state index in [4.69, 9.17) is 9.84 Å². The molecule has 1 aromatic rings. The standard InChI is InChI=1S/C15H19NO6S/c1-11-2-4-12(5-3-11)23(20,21)9-6-14(17)16-7-8-22-10-13(16)15(18)19/h2-5,13H,6-10H2,1H3,(H,18,19)/t13-/m0/s1. The monoisotopic (exact) mass is 341 g/mol. The predicted octanol–water partition coefficient (Wildman–Crippen LogP) is 0.471. The third kappa shape index (κ3) is 4.29. The molecule has 23 heavy (non-hydrogen) atoms. The van der Waals surface area contributed by atoms with Crippen LogP contribution in [0.4, 0.5) is 0 Å². The average Bonchev–Trinajstić information content (AvgIpc) is 2.53. The Kier molecular flexibility index (Phi) is 5.38. The summed E-state index contributed by atoms with van der Waals surface area (Å²) in [5, 5.41) is 9.10. The summed E-state index contributed by atoms with van der Waals surface area (Å²) in [7, 11) is -3.57. The number of aryl methyl sites for hydroxylation is 1. The zero-order valence-electron chi connectivity index (χ0n) is 12.8. The highest BCUT2D eigenvalue weighted by Gasteiger charge is 2.33. The third-order valence-corrected chi connectivity index (χ3v) is 5.43. The van der Waals surface area contributed by atoms with Crippen molar-refractivity contribution in [2.45, 2.75) is 24.3 Å². The first-order valence-electron chi connectivity index (χ1n) is 7.21. The molecule has 1 saturated heterocycles. The maximum absolute atomic E-state index is 12.2. The van der Waals surface area contributed by atoms with Gasteiger partial charge < -0.3 is 14.7 Å². The van der Waals surface area contributed by atoms with Crippen molar-refractivity contribution in [1.29, 1.82) is 0 Å². The van der Waals surface area contributed by atoms with Crippen LogP contribution in [0, 0.1) is 6.92 Å². The number of hydrogen-bond donors (Lipinski definition) is 1. The molecule has 1 aliphatic heterocycles. The van der Waals surface area contributed by atoms with Gasteiger partial charge in [-0.1, -0.05) is 17.7 Å². The number of benzene rings is 1. The van der Waals surface area contributed by atoms with Crippen molar-refractivity contribution in [3.8, 4) is 0 Å². The van der Waals surface area contributed by atoms with Crippen LogP contribution >= 0.6 is 0 Å². The van der Waals surface area contributed by atoms with Gasteiger partial charge in [0.15, 0.2) is 15.9 Å². The first-order valence-corrected chi connectivity index (χ1v) is 8.86. The second kappa shape index (κ2) is 7.10. The number of ether oxygens (including phenoxy) is 1. The minimum absolute atomic E-state index is 0.0776. The van der Waals surface area contributed by atoms with Crippen LogP contribution in [0.3, 0.4) is 0 Å². The second-order valence-corrected chi connectivity index (χ2v) is 7.51. The van der Waals surface area contributed by atoms with Gasteiger partial charge in [0.1, 0.15) is 0 Å². The van der Waals surface area contributed by atoms with Crippen LogP contribution in [0.2, 0.25) is 0 Å². The number of morpholine rings is 1. The van der Waals surface area contributed by atoms with Gasteiger partial charge in [0.25, 0.3) is 0 Å². The molecule has 1 aliphatic rings. The highest BCUT2D eigenvalue weighted by molar-refractivity contribution is 7.91. The van der Waals surface area contributed by atoms with E-state index in [9.17, 15) is 18.0 Å². The van der Waals surface area contributed by atoms with Crippen LogP contribution in [-0.4, -0.2) is 61.9 Å². The molecule has 0 bridgehead atoms. The Bertz CT molecular complexity index is 682. The molecule has 1 fully saturated rings. The van der Waals surface area contributed by atoms with Gasteiger partial charge in [0, 0.05) is 13.0 Å². The Balaban J connectivity index is 2.02. The predicted molar refractivity (Wildman–Crippen MR) is 81.8 cm³/mol. The number of rotatable bonds is 5. The normalized spacial score (nSPS) is 18.7. The smallest absolute Gasteiger partial charge is 0.328 e. The molecule has 2 rings (SSSR count). The topological polar surface area (TPSA) is 101 Å². The highest BCUT2D eigenvalue weighted by Crippen LogP contribution is 2.15. The van der Waals surface area contributed by atoms with Gasteiger partial charge in [0.05, 0.1) is 23.9 Å². The van der Waals surface area contributed by atoms with E-state index >= 15 is 0 Å². The maximum Gasteiger partial charge on any atom is 0.328 e. The molecule has 0 aromatic heterocycles. The lowest BCUT2D eigenvalue weighted by Crippen LogP contribution is -2.52. The van der Waals surface area contributed by atoms with Crippen molar-refractivity contribution in [2.75, 3.05) is 25.5 Å². The number of carbonyl (C=O) groups is 2. The fraction of sp³-hybridized carbons (Fsp3) is 0.467. The quantitative estimate of drug-likeness (QED) is 0.835. The number of amides is 1. The molecule has 0 radical (unpaired) electrons. The summed E-state index contributed by atoms with van der Waals surface area (Å²) in [4.78, 5) is 24.7. The fourth-order valence-electron chi connectivity index (χ4n) is 2.34. The van der Waals surface area contributed by atoms with E-state index in [-0.39, 0.29) is 36.8 Å². The number of nitrogens with zero attached hydrogens (tertiary/aromatic N) is 1. The number of carboxylic acid groups (broad SMARTS) is 1. The molecule has 0 saturated carbocycles. The third-order valence-electron chi connectivity index (χ3n) is 3.70. The zero-order valence-corrected chi connectivity index (χ0v) is 13.6. The average molecular weight is 341 g/mol. The summed E-state index contributed by atoms with van der Waals surface area (Å²) in [6.07, 6.45) is -0.250. The van der Waals surface area contributed by atoms with Crippen molar-refractivity contribution < 1.29 is 27.9 Å². The lowest BCUT2D eigenvalue weighted by molar-refractivity contribution is -0.158. The molecule has 0 aliphatic carbocycles. The number of sulfone groups is 1. The van der Waals surface area contributed by atoms with E-state index < -0.39 is 27.8 Å². The van der Waals surface area contributed by atoms with Crippen molar-refractivity contribution in [1.82, 2.24) is 4.90 Å². The summed E-state index contributed by atoms with van der Waals surface area (Å²) < 4.78 is 29.5. The maximum atomic E-state index is 12.2. The fourth-order valence-corrected chi connectivity index (χ4v) is 3.57. The van der Waals surface area contributed by atoms with E-state index in [2.05, 4.69) is 0 Å². The largest absolute Gasteiger partial charge is 0.480 e. The first kappa shape index (κ1) is 17.4. The molecule has 1 N–H and O–H groups in total. The molecule has 126 valence electrons. The van der Waals surface area contributed by atoms with E-state index in [1.807, 2.05) is 6.92 Å². The summed E-state index contributed by atoms with van der Waals surface area (Å²) in [6, 6.07) is 5.33. The molecule has 0 unspecified atom stereocenters. The molecule has 1 atom stereocenters. The van der Waals surface area contributed by atoms with Crippen LogP contribution in [0.25, 0.3) is 0 Å². The highest BCUT2D eigenvalue weighted by atomic mass is 32.2. The first-order chi connectivity index (χ1) is 10.8. The summed E-state index contributed by atoms with van der Waals surface area (Å²) >= 11 is 0. The zero-order chi connectivity index (χ0) is 17.0. The van der Waals surface area contributed by atoms with Crippen LogP contribution < -0.4 is 0 Å². The molecule has 1 heterocycles. The summed E-state index contributed by atoms with van der Waals surface area (Å²) in [5.74, 6) is -1.99. The van der Waals surface area contributed by atoms with Crippen molar-refractivity contribution in [3.05, 3.63) is 29.8 Å². The summed E-state index contributed by atoms with van der Waals surface area (Å²) in [6.45, 7) is 2.18. The Hall–Kier alpha value is -1.93. The molecular weight excluding hydrogens is 322 g/mol.